The van der Waals surface area contributed by atoms with Gasteiger partial charge in [0, 0.05) is 44.5 Å². The van der Waals surface area contributed by atoms with Crippen molar-refractivity contribution in [1.82, 2.24) is 16.0 Å². The number of nitrogens with one attached hydrogen (secondary N) is 3. The van der Waals surface area contributed by atoms with Crippen molar-refractivity contribution in [3.63, 3.8) is 0 Å². The van der Waals surface area contributed by atoms with Crippen molar-refractivity contribution in [3.8, 4) is 5.75 Å². The van der Waals surface area contributed by atoms with Gasteiger partial charge < -0.3 is 25.4 Å². The number of carbonyl (C=O) groups excluding carboxylic acids is 4. The Balaban J connectivity index is 2.10. The van der Waals surface area contributed by atoms with Crippen molar-refractivity contribution in [2.45, 2.75) is 25.7 Å². The van der Waals surface area contributed by atoms with Crippen molar-refractivity contribution in [2.24, 2.45) is 0 Å². The van der Waals surface area contributed by atoms with Crippen LogP contribution in [-0.4, -0.2) is 57.5 Å². The highest BCUT2D eigenvalue weighted by atomic mass is 16.5. The molecule has 3 amide bonds. The number of methoxy groups -OCH3 is 2. The standard InChI is InChI=1S/C19H27N3O6/c1-27-15-7-5-14(6-8-15)19(26)22-13-10-17(24)21-12-9-16(23)20-11-3-4-18(25)28-2/h5-8H,3-4,9-13H2,1-2H3,(H,20,23)(H,21,24)(H,22,26). The van der Waals surface area contributed by atoms with Gasteiger partial charge in [-0.15, -0.1) is 0 Å². The fraction of sp³-hybridized carbons (Fsp3) is 0.474. The topological polar surface area (TPSA) is 123 Å². The van der Waals surface area contributed by atoms with E-state index in [1.807, 2.05) is 0 Å². The minimum Gasteiger partial charge on any atom is -0.497 e. The van der Waals surface area contributed by atoms with Crippen LogP contribution in [0.15, 0.2) is 24.3 Å². The third-order valence-electron chi connectivity index (χ3n) is 3.77. The van der Waals surface area contributed by atoms with Crippen LogP contribution in [-0.2, 0) is 19.1 Å². The highest BCUT2D eigenvalue weighted by molar-refractivity contribution is 5.94. The van der Waals surface area contributed by atoms with Crippen LogP contribution in [0.4, 0.5) is 0 Å². The molecule has 9 heteroatoms. The normalized spacial score (nSPS) is 9.93. The average molecular weight is 393 g/mol. The Morgan fingerprint density at radius 2 is 1.36 bits per heavy atom. The first-order valence-electron chi connectivity index (χ1n) is 8.98. The van der Waals surface area contributed by atoms with E-state index >= 15 is 0 Å². The van der Waals surface area contributed by atoms with Gasteiger partial charge in [-0.1, -0.05) is 0 Å². The van der Waals surface area contributed by atoms with E-state index in [0.29, 0.717) is 24.3 Å². The van der Waals surface area contributed by atoms with Crippen molar-refractivity contribution in [3.05, 3.63) is 29.8 Å². The SMILES string of the molecule is COC(=O)CCCNC(=O)CCNC(=O)CCNC(=O)c1ccc(OC)cc1. The van der Waals surface area contributed by atoms with Gasteiger partial charge in [-0.25, -0.2) is 0 Å². The van der Waals surface area contributed by atoms with Crippen molar-refractivity contribution in [2.75, 3.05) is 33.9 Å². The Bertz CT molecular complexity index is 660. The number of hydrogen-bond donors (Lipinski definition) is 3. The summed E-state index contributed by atoms with van der Waals surface area (Å²) in [5.74, 6) is -0.405. The van der Waals surface area contributed by atoms with Crippen LogP contribution in [0.3, 0.4) is 0 Å². The quantitative estimate of drug-likeness (QED) is 0.349. The molecule has 0 bridgehead atoms. The predicted octanol–water partition coefficient (Wildman–Crippen LogP) is 0.391. The summed E-state index contributed by atoms with van der Waals surface area (Å²) < 4.78 is 9.53. The molecule has 0 atom stereocenters. The molecular weight excluding hydrogens is 366 g/mol. The lowest BCUT2D eigenvalue weighted by Crippen LogP contribution is -2.33. The van der Waals surface area contributed by atoms with E-state index in [0.717, 1.165) is 0 Å². The molecule has 0 fully saturated rings. The zero-order chi connectivity index (χ0) is 20.8. The predicted molar refractivity (Wildman–Crippen MR) is 102 cm³/mol. The first-order valence-corrected chi connectivity index (χ1v) is 8.98. The molecule has 3 N–H and O–H groups in total. The first-order chi connectivity index (χ1) is 13.5. The molecule has 28 heavy (non-hydrogen) atoms. The van der Waals surface area contributed by atoms with Gasteiger partial charge in [0.1, 0.15) is 5.75 Å². The van der Waals surface area contributed by atoms with Gasteiger partial charge in [0.15, 0.2) is 0 Å². The van der Waals surface area contributed by atoms with E-state index in [1.165, 1.54) is 7.11 Å². The second kappa shape index (κ2) is 13.1. The fourth-order valence-electron chi connectivity index (χ4n) is 2.19. The van der Waals surface area contributed by atoms with Gasteiger partial charge in [0.2, 0.25) is 11.8 Å². The van der Waals surface area contributed by atoms with Crippen molar-refractivity contribution >= 4 is 23.7 Å². The van der Waals surface area contributed by atoms with Crippen LogP contribution >= 0.6 is 0 Å². The second-order valence-electron chi connectivity index (χ2n) is 5.86. The average Bonchev–Trinajstić information content (AvgIpc) is 2.70. The maximum atomic E-state index is 12.0. The number of benzene rings is 1. The van der Waals surface area contributed by atoms with E-state index in [-0.39, 0.29) is 56.0 Å². The van der Waals surface area contributed by atoms with Crippen LogP contribution in [0, 0.1) is 0 Å². The summed E-state index contributed by atoms with van der Waals surface area (Å²) in [5.41, 5.74) is 0.477. The van der Waals surface area contributed by atoms with Gasteiger partial charge >= 0.3 is 5.97 Å². The lowest BCUT2D eigenvalue weighted by Gasteiger charge is -2.08. The largest absolute Gasteiger partial charge is 0.497 e. The van der Waals surface area contributed by atoms with Crippen LogP contribution in [0.1, 0.15) is 36.0 Å². The zero-order valence-corrected chi connectivity index (χ0v) is 16.2. The molecule has 0 aliphatic rings. The summed E-state index contributed by atoms with van der Waals surface area (Å²) in [5, 5.41) is 7.93. The maximum Gasteiger partial charge on any atom is 0.305 e. The first kappa shape index (κ1) is 22.9. The van der Waals surface area contributed by atoms with Crippen molar-refractivity contribution in [1.29, 1.82) is 0 Å². The molecule has 9 nitrogen and oxygen atoms in total. The van der Waals surface area contributed by atoms with E-state index in [2.05, 4.69) is 20.7 Å². The number of ether oxygens (including phenoxy) is 2. The summed E-state index contributed by atoms with van der Waals surface area (Å²) in [7, 11) is 2.86. The van der Waals surface area contributed by atoms with Gasteiger partial charge in [-0.05, 0) is 30.7 Å². The van der Waals surface area contributed by atoms with Gasteiger partial charge in [-0.2, -0.15) is 0 Å². The molecule has 1 aromatic rings. The van der Waals surface area contributed by atoms with Crippen molar-refractivity contribution < 1.29 is 28.7 Å². The molecule has 0 saturated heterocycles. The molecule has 0 radical (unpaired) electrons. The number of rotatable bonds is 12. The van der Waals surface area contributed by atoms with E-state index in [9.17, 15) is 19.2 Å². The van der Waals surface area contributed by atoms with Crippen LogP contribution < -0.4 is 20.7 Å². The molecule has 0 spiro atoms. The zero-order valence-electron chi connectivity index (χ0n) is 16.2. The summed E-state index contributed by atoms with van der Waals surface area (Å²) >= 11 is 0. The Kier molecular flexibility index (Phi) is 10.8. The molecule has 1 rings (SSSR count). The minimum absolute atomic E-state index is 0.114. The number of amides is 3. The van der Waals surface area contributed by atoms with Crippen LogP contribution in [0.2, 0.25) is 0 Å². The third-order valence-corrected chi connectivity index (χ3v) is 3.77. The Morgan fingerprint density at radius 3 is 1.93 bits per heavy atom. The van der Waals surface area contributed by atoms with Gasteiger partial charge in [0.25, 0.3) is 5.91 Å². The maximum absolute atomic E-state index is 12.0. The van der Waals surface area contributed by atoms with Crippen LogP contribution in [0.25, 0.3) is 0 Å². The molecule has 154 valence electrons. The molecule has 0 aromatic heterocycles. The molecule has 0 aliphatic heterocycles. The minimum atomic E-state index is -0.319. The Morgan fingerprint density at radius 1 is 0.786 bits per heavy atom. The molecule has 0 unspecified atom stereocenters. The Hall–Kier alpha value is -3.10. The fourth-order valence-corrected chi connectivity index (χ4v) is 2.19. The summed E-state index contributed by atoms with van der Waals surface area (Å²) in [6.07, 6.45) is 0.999. The summed E-state index contributed by atoms with van der Waals surface area (Å²) in [6, 6.07) is 6.64. The highest BCUT2D eigenvalue weighted by Crippen LogP contribution is 2.10. The van der Waals surface area contributed by atoms with Gasteiger partial charge in [-0.3, -0.25) is 19.2 Å². The van der Waals surface area contributed by atoms with Gasteiger partial charge in [0.05, 0.1) is 14.2 Å². The van der Waals surface area contributed by atoms with E-state index < -0.39 is 0 Å². The molecule has 0 heterocycles. The van der Waals surface area contributed by atoms with E-state index in [4.69, 9.17) is 4.74 Å². The second-order valence-corrected chi connectivity index (χ2v) is 5.86. The summed E-state index contributed by atoms with van der Waals surface area (Å²) in [4.78, 5) is 46.2. The Labute approximate surface area is 164 Å². The third kappa shape index (κ3) is 9.56. The monoisotopic (exact) mass is 393 g/mol. The molecule has 1 aromatic carbocycles. The highest BCUT2D eigenvalue weighted by Gasteiger charge is 2.08. The number of esters is 1. The number of carbonyl (C=O) groups is 4. The lowest BCUT2D eigenvalue weighted by molar-refractivity contribution is -0.140. The lowest BCUT2D eigenvalue weighted by atomic mass is 10.2. The molecule has 0 saturated carbocycles. The molecule has 0 aliphatic carbocycles. The van der Waals surface area contributed by atoms with Crippen LogP contribution in [0.5, 0.6) is 5.75 Å². The molecular formula is C19H27N3O6. The summed E-state index contributed by atoms with van der Waals surface area (Å²) in [6.45, 7) is 0.768. The van der Waals surface area contributed by atoms with E-state index in [1.54, 1.807) is 31.4 Å². The smallest absolute Gasteiger partial charge is 0.305 e. The number of hydrogen-bond acceptors (Lipinski definition) is 6.